The van der Waals surface area contributed by atoms with E-state index in [0.29, 0.717) is 33.8 Å². The first-order chi connectivity index (χ1) is 17.2. The molecular formula is C25H27ClN6O4. The number of Topliss-reactive ketones (excluding diaryl/α,β-unsaturated/α-hetero) is 1. The van der Waals surface area contributed by atoms with Crippen LogP contribution in [0.2, 0.25) is 5.02 Å². The Balaban J connectivity index is 1.83. The average Bonchev–Trinajstić information content (AvgIpc) is 3.43. The maximum absolute atomic E-state index is 13.6. The van der Waals surface area contributed by atoms with Gasteiger partial charge in [-0.3, -0.25) is 9.59 Å². The lowest BCUT2D eigenvalue weighted by Gasteiger charge is -2.15. The lowest BCUT2D eigenvalue weighted by atomic mass is 9.95. The summed E-state index contributed by atoms with van der Waals surface area (Å²) >= 11 is 6.32. The number of nitrogens with one attached hydrogen (secondary N) is 1. The molecule has 0 saturated carbocycles. The summed E-state index contributed by atoms with van der Waals surface area (Å²) in [6, 6.07) is 6.69. The highest BCUT2D eigenvalue weighted by molar-refractivity contribution is 6.32. The molecular weight excluding hydrogens is 484 g/mol. The van der Waals surface area contributed by atoms with Gasteiger partial charge in [0.2, 0.25) is 5.88 Å². The third-order valence-corrected chi connectivity index (χ3v) is 5.78. The molecule has 188 valence electrons. The number of rotatable bonds is 9. The molecule has 0 atom stereocenters. The minimum atomic E-state index is -0.509. The van der Waals surface area contributed by atoms with Crippen molar-refractivity contribution in [1.29, 1.82) is 0 Å². The Labute approximate surface area is 213 Å². The smallest absolute Gasteiger partial charge is 0.274 e. The van der Waals surface area contributed by atoms with E-state index in [0.717, 1.165) is 5.39 Å². The predicted molar refractivity (Wildman–Crippen MR) is 136 cm³/mol. The highest BCUT2D eigenvalue weighted by Gasteiger charge is 2.25. The highest BCUT2D eigenvalue weighted by atomic mass is 35.5. The largest absolute Gasteiger partial charge is 0.480 e. The molecule has 0 saturated heterocycles. The lowest BCUT2D eigenvalue weighted by Crippen LogP contribution is -2.20. The first-order valence-corrected chi connectivity index (χ1v) is 11.7. The number of halogens is 1. The van der Waals surface area contributed by atoms with Gasteiger partial charge < -0.3 is 14.8 Å². The van der Waals surface area contributed by atoms with E-state index in [2.05, 4.69) is 20.5 Å². The molecule has 36 heavy (non-hydrogen) atoms. The zero-order valence-electron chi connectivity index (χ0n) is 20.7. The number of nitrogens with zero attached hydrogens (tertiary/aromatic N) is 5. The van der Waals surface area contributed by atoms with Crippen LogP contribution in [0.5, 0.6) is 5.88 Å². The van der Waals surface area contributed by atoms with Crippen molar-refractivity contribution in [3.63, 3.8) is 0 Å². The van der Waals surface area contributed by atoms with Crippen LogP contribution in [0.4, 0.5) is 5.69 Å². The van der Waals surface area contributed by atoms with Crippen molar-refractivity contribution >= 4 is 39.9 Å². The Morgan fingerprint density at radius 3 is 2.64 bits per heavy atom. The minimum Gasteiger partial charge on any atom is -0.480 e. The zero-order chi connectivity index (χ0) is 26.0. The number of ether oxygens (including phenoxy) is 2. The van der Waals surface area contributed by atoms with Crippen LogP contribution in [0.25, 0.3) is 16.7 Å². The number of carbonyl (C=O) groups is 2. The number of amides is 1. The number of hydrogen-bond acceptors (Lipinski definition) is 7. The van der Waals surface area contributed by atoms with Crippen LogP contribution in [0.1, 0.15) is 46.7 Å². The van der Waals surface area contributed by atoms with Crippen LogP contribution in [0.3, 0.4) is 0 Å². The molecule has 1 aromatic carbocycles. The van der Waals surface area contributed by atoms with Gasteiger partial charge in [-0.1, -0.05) is 25.4 Å². The molecule has 0 aliphatic carbocycles. The van der Waals surface area contributed by atoms with E-state index in [1.807, 2.05) is 33.0 Å². The fourth-order valence-corrected chi connectivity index (χ4v) is 4.16. The van der Waals surface area contributed by atoms with Crippen molar-refractivity contribution in [3.05, 3.63) is 58.5 Å². The van der Waals surface area contributed by atoms with E-state index in [1.165, 1.54) is 17.9 Å². The van der Waals surface area contributed by atoms with Crippen molar-refractivity contribution in [2.24, 2.45) is 5.92 Å². The standard InChI is InChI=1S/C25H27ClN6O4/c1-14(2)9-19(33)21-22(15(3)10-16-12-31(13-35-4)30-23(16)21)28-25(34)18-11-20(36-5)29-32(18)24-17(26)7-6-8-27-24/h6-8,10-12,14H,9,13H2,1-5H3,(H,28,34). The summed E-state index contributed by atoms with van der Waals surface area (Å²) in [6.07, 6.45) is 3.66. The van der Waals surface area contributed by atoms with E-state index >= 15 is 0 Å². The summed E-state index contributed by atoms with van der Waals surface area (Å²) < 4.78 is 13.4. The van der Waals surface area contributed by atoms with Gasteiger partial charge in [-0.2, -0.15) is 5.10 Å². The van der Waals surface area contributed by atoms with Gasteiger partial charge in [0.05, 0.1) is 23.4 Å². The summed E-state index contributed by atoms with van der Waals surface area (Å²) in [7, 11) is 3.02. The first kappa shape index (κ1) is 25.3. The molecule has 3 heterocycles. The Morgan fingerprint density at radius 2 is 1.97 bits per heavy atom. The fraction of sp³-hybridized carbons (Fsp3) is 0.320. The maximum atomic E-state index is 13.6. The second kappa shape index (κ2) is 10.5. The maximum Gasteiger partial charge on any atom is 0.274 e. The normalized spacial score (nSPS) is 11.3. The van der Waals surface area contributed by atoms with Crippen molar-refractivity contribution in [2.75, 3.05) is 19.5 Å². The molecule has 3 aromatic heterocycles. The number of hydrogen-bond donors (Lipinski definition) is 1. The number of fused-ring (bicyclic) bond motifs is 1. The third-order valence-electron chi connectivity index (χ3n) is 5.48. The molecule has 1 N–H and O–H groups in total. The third kappa shape index (κ3) is 4.95. The van der Waals surface area contributed by atoms with E-state index in [1.54, 1.807) is 30.1 Å². The summed E-state index contributed by atoms with van der Waals surface area (Å²) in [5, 5.41) is 12.9. The number of methoxy groups -OCH3 is 2. The number of carbonyl (C=O) groups excluding carboxylic acids is 2. The van der Waals surface area contributed by atoms with Crippen molar-refractivity contribution in [3.8, 4) is 11.7 Å². The van der Waals surface area contributed by atoms with Gasteiger partial charge in [0.15, 0.2) is 11.6 Å². The van der Waals surface area contributed by atoms with Crippen molar-refractivity contribution in [2.45, 2.75) is 33.9 Å². The second-order valence-electron chi connectivity index (χ2n) is 8.74. The number of aryl methyl sites for hydroxylation is 1. The van der Waals surface area contributed by atoms with E-state index in [-0.39, 0.29) is 35.8 Å². The van der Waals surface area contributed by atoms with Crippen molar-refractivity contribution in [1.82, 2.24) is 24.5 Å². The van der Waals surface area contributed by atoms with E-state index in [4.69, 9.17) is 21.1 Å². The lowest BCUT2D eigenvalue weighted by molar-refractivity contribution is 0.0969. The van der Waals surface area contributed by atoms with Gasteiger partial charge in [-0.25, -0.2) is 14.3 Å². The second-order valence-corrected chi connectivity index (χ2v) is 9.14. The predicted octanol–water partition coefficient (Wildman–Crippen LogP) is 4.67. The molecule has 1 amide bonds. The van der Waals surface area contributed by atoms with Crippen LogP contribution in [0.15, 0.2) is 36.7 Å². The number of benzene rings is 1. The first-order valence-electron chi connectivity index (χ1n) is 11.3. The topological polar surface area (TPSA) is 113 Å². The molecule has 0 aliphatic rings. The van der Waals surface area contributed by atoms with E-state index < -0.39 is 5.91 Å². The molecule has 4 rings (SSSR count). The molecule has 11 heteroatoms. The summed E-state index contributed by atoms with van der Waals surface area (Å²) in [5.74, 6) is -0.0206. The van der Waals surface area contributed by atoms with Crippen LogP contribution < -0.4 is 10.1 Å². The molecule has 0 unspecified atom stereocenters. The number of anilines is 1. The zero-order valence-corrected chi connectivity index (χ0v) is 21.5. The molecule has 0 aliphatic heterocycles. The summed E-state index contributed by atoms with van der Waals surface area (Å²) in [4.78, 5) is 31.3. The quantitative estimate of drug-likeness (QED) is 0.325. The molecule has 10 nitrogen and oxygen atoms in total. The number of pyridine rings is 1. The Bertz CT molecular complexity index is 1440. The van der Waals surface area contributed by atoms with Crippen LogP contribution in [0, 0.1) is 12.8 Å². The highest BCUT2D eigenvalue weighted by Crippen LogP contribution is 2.32. The Morgan fingerprint density at radius 1 is 1.19 bits per heavy atom. The SMILES string of the molecule is COCn1cc2cc(C)c(NC(=O)c3cc(OC)nn3-c3ncccc3Cl)c(C(=O)CC(C)C)c2n1. The van der Waals surface area contributed by atoms with Gasteiger partial charge in [0.25, 0.3) is 5.91 Å². The Hall–Kier alpha value is -3.76. The van der Waals surface area contributed by atoms with E-state index in [9.17, 15) is 9.59 Å². The van der Waals surface area contributed by atoms with Gasteiger partial charge in [0, 0.05) is 37.4 Å². The Kier molecular flexibility index (Phi) is 7.37. The molecule has 0 bridgehead atoms. The number of aromatic nitrogens is 5. The molecule has 0 fully saturated rings. The average molecular weight is 511 g/mol. The van der Waals surface area contributed by atoms with Crippen LogP contribution >= 0.6 is 11.6 Å². The monoisotopic (exact) mass is 510 g/mol. The fourth-order valence-electron chi connectivity index (χ4n) is 3.95. The van der Waals surface area contributed by atoms with Gasteiger partial charge >= 0.3 is 0 Å². The number of ketones is 1. The van der Waals surface area contributed by atoms with Crippen LogP contribution in [-0.4, -0.2) is 50.5 Å². The minimum absolute atomic E-state index is 0.115. The van der Waals surface area contributed by atoms with Gasteiger partial charge in [0.1, 0.15) is 17.9 Å². The molecule has 0 radical (unpaired) electrons. The summed E-state index contributed by atoms with van der Waals surface area (Å²) in [6.45, 7) is 6.00. The van der Waals surface area contributed by atoms with Gasteiger partial charge in [-0.05, 0) is 36.6 Å². The molecule has 0 spiro atoms. The molecule has 4 aromatic rings. The van der Waals surface area contributed by atoms with Crippen molar-refractivity contribution < 1.29 is 19.1 Å². The van der Waals surface area contributed by atoms with Gasteiger partial charge in [-0.15, -0.1) is 5.10 Å². The van der Waals surface area contributed by atoms with Crippen LogP contribution in [-0.2, 0) is 11.5 Å². The summed E-state index contributed by atoms with van der Waals surface area (Å²) in [5.41, 5.74) is 2.10.